The zero-order valence-corrected chi connectivity index (χ0v) is 19.2. The largest absolute Gasteiger partial charge is 0.463 e. The van der Waals surface area contributed by atoms with Crippen LogP contribution in [0.25, 0.3) is 11.3 Å². The van der Waals surface area contributed by atoms with E-state index in [0.717, 1.165) is 4.68 Å². The van der Waals surface area contributed by atoms with Gasteiger partial charge in [0.15, 0.2) is 0 Å². The lowest BCUT2D eigenvalue weighted by Gasteiger charge is -2.42. The lowest BCUT2D eigenvalue weighted by molar-refractivity contribution is -0.212. The predicted molar refractivity (Wildman–Crippen MR) is 119 cm³/mol. The van der Waals surface area contributed by atoms with E-state index >= 15 is 0 Å². The highest BCUT2D eigenvalue weighted by atomic mass is 32.2. The number of rotatable bonds is 7. The number of ether oxygens (including phenoxy) is 2. The summed E-state index contributed by atoms with van der Waals surface area (Å²) in [4.78, 5) is 11.2. The molecule has 0 amide bonds. The molecule has 1 fully saturated rings. The maximum atomic E-state index is 13.6. The lowest BCUT2D eigenvalue weighted by atomic mass is 9.96. The van der Waals surface area contributed by atoms with Crippen molar-refractivity contribution in [3.8, 4) is 11.3 Å². The van der Waals surface area contributed by atoms with Crippen molar-refractivity contribution in [3.05, 3.63) is 66.6 Å². The van der Waals surface area contributed by atoms with Crippen molar-refractivity contribution in [2.45, 2.75) is 42.4 Å². The van der Waals surface area contributed by atoms with Gasteiger partial charge in [0.25, 0.3) is 0 Å². The average molecular weight is 507 g/mol. The van der Waals surface area contributed by atoms with Gasteiger partial charge >= 0.3 is 5.97 Å². The molecule has 4 rings (SSSR count). The van der Waals surface area contributed by atoms with Gasteiger partial charge in [-0.1, -0.05) is 35.5 Å². The fourth-order valence-corrected chi connectivity index (χ4v) is 4.87. The second-order valence-corrected chi connectivity index (χ2v) is 9.61. The second kappa shape index (κ2) is 10.2. The van der Waals surface area contributed by atoms with Gasteiger partial charge in [-0.15, -0.1) is 5.10 Å². The van der Waals surface area contributed by atoms with Crippen LogP contribution in [-0.4, -0.2) is 70.7 Å². The van der Waals surface area contributed by atoms with E-state index in [0.29, 0.717) is 5.56 Å². The Balaban J connectivity index is 1.65. The van der Waals surface area contributed by atoms with Gasteiger partial charge < -0.3 is 19.7 Å². The van der Waals surface area contributed by atoms with Crippen molar-refractivity contribution in [2.75, 3.05) is 6.61 Å². The van der Waals surface area contributed by atoms with Gasteiger partial charge in [0.1, 0.15) is 48.7 Å². The van der Waals surface area contributed by atoms with Crippen molar-refractivity contribution < 1.29 is 37.3 Å². The number of carbonyl (C=O) groups excluding carboxylic acids is 1. The minimum absolute atomic E-state index is 0.0656. The van der Waals surface area contributed by atoms with Crippen molar-refractivity contribution >= 4 is 16.0 Å². The zero-order chi connectivity index (χ0) is 25.2. The molecule has 1 aliphatic rings. The number of nitrogens with zero attached hydrogens (tertiary/aromatic N) is 3. The minimum Gasteiger partial charge on any atom is -0.463 e. The SMILES string of the molecule is CC(=O)OC[C@H]1O[C@@H](NS(=O)(=O)c2ccccc2)[C@H](O)[C@@H](n2cc(-c3cccc(F)c3)nn2)[C@H]1O. The highest BCUT2D eigenvalue weighted by Gasteiger charge is 2.48. The number of hydrogen-bond acceptors (Lipinski definition) is 9. The van der Waals surface area contributed by atoms with Crippen LogP contribution in [0.2, 0.25) is 0 Å². The number of carbonyl (C=O) groups is 1. The normalized spacial score (nSPS) is 24.7. The number of aromatic nitrogens is 3. The summed E-state index contributed by atoms with van der Waals surface area (Å²) in [6.45, 7) is 0.758. The number of hydrogen-bond donors (Lipinski definition) is 3. The van der Waals surface area contributed by atoms with Crippen molar-refractivity contribution in [2.24, 2.45) is 0 Å². The highest BCUT2D eigenvalue weighted by Crippen LogP contribution is 2.31. The highest BCUT2D eigenvalue weighted by molar-refractivity contribution is 7.89. The first-order valence-corrected chi connectivity index (χ1v) is 12.0. The van der Waals surface area contributed by atoms with Crippen LogP contribution in [0, 0.1) is 5.82 Å². The Bertz CT molecular complexity index is 1290. The molecule has 35 heavy (non-hydrogen) atoms. The van der Waals surface area contributed by atoms with Gasteiger partial charge in [0.05, 0.1) is 11.1 Å². The first-order chi connectivity index (χ1) is 16.7. The maximum absolute atomic E-state index is 13.6. The van der Waals surface area contributed by atoms with Gasteiger partial charge in [0, 0.05) is 12.5 Å². The van der Waals surface area contributed by atoms with Crippen LogP contribution in [0.15, 0.2) is 65.7 Å². The minimum atomic E-state index is -4.12. The van der Waals surface area contributed by atoms with Crippen LogP contribution >= 0.6 is 0 Å². The van der Waals surface area contributed by atoms with Crippen molar-refractivity contribution in [1.29, 1.82) is 0 Å². The molecule has 11 nitrogen and oxygen atoms in total. The molecule has 1 aliphatic heterocycles. The summed E-state index contributed by atoms with van der Waals surface area (Å²) in [5.41, 5.74) is 0.665. The van der Waals surface area contributed by atoms with Crippen LogP contribution in [0.4, 0.5) is 4.39 Å². The van der Waals surface area contributed by atoms with Crippen LogP contribution in [0.5, 0.6) is 0 Å². The van der Waals surface area contributed by atoms with Crippen LogP contribution < -0.4 is 4.72 Å². The number of aliphatic hydroxyl groups excluding tert-OH is 2. The molecular formula is C22H23FN4O7S. The summed E-state index contributed by atoms with van der Waals surface area (Å²) < 4.78 is 53.3. The smallest absolute Gasteiger partial charge is 0.302 e. The molecule has 0 spiro atoms. The van der Waals surface area contributed by atoms with Crippen molar-refractivity contribution in [3.63, 3.8) is 0 Å². The molecule has 0 unspecified atom stereocenters. The molecule has 0 aliphatic carbocycles. The van der Waals surface area contributed by atoms with E-state index in [-0.39, 0.29) is 10.6 Å². The van der Waals surface area contributed by atoms with E-state index in [4.69, 9.17) is 9.47 Å². The number of benzene rings is 2. The molecule has 13 heteroatoms. The number of esters is 1. The Morgan fingerprint density at radius 2 is 1.91 bits per heavy atom. The summed E-state index contributed by atoms with van der Waals surface area (Å²) in [6, 6.07) is 11.8. The average Bonchev–Trinajstić information content (AvgIpc) is 3.30. The lowest BCUT2D eigenvalue weighted by Crippen LogP contribution is -2.61. The Hall–Kier alpha value is -3.23. The Morgan fingerprint density at radius 1 is 1.17 bits per heavy atom. The van der Waals surface area contributed by atoms with E-state index in [1.807, 2.05) is 0 Å². The van der Waals surface area contributed by atoms with Gasteiger partial charge in [-0.25, -0.2) is 17.5 Å². The zero-order valence-electron chi connectivity index (χ0n) is 18.4. The van der Waals surface area contributed by atoms with Crippen LogP contribution in [-0.2, 0) is 24.3 Å². The molecular weight excluding hydrogens is 483 g/mol. The van der Waals surface area contributed by atoms with Crippen LogP contribution in [0.3, 0.4) is 0 Å². The third-order valence-corrected chi connectivity index (χ3v) is 6.86. The van der Waals surface area contributed by atoms with E-state index in [1.165, 1.54) is 55.6 Å². The number of nitrogens with one attached hydrogen (secondary N) is 1. The van der Waals surface area contributed by atoms with Crippen molar-refractivity contribution in [1.82, 2.24) is 19.7 Å². The molecule has 0 radical (unpaired) electrons. The topological polar surface area (TPSA) is 153 Å². The van der Waals surface area contributed by atoms with Gasteiger partial charge in [0.2, 0.25) is 10.0 Å². The summed E-state index contributed by atoms with van der Waals surface area (Å²) in [5, 5.41) is 29.9. The Kier molecular flexibility index (Phi) is 7.23. The number of halogens is 1. The number of aliphatic hydroxyl groups is 2. The van der Waals surface area contributed by atoms with E-state index in [2.05, 4.69) is 15.0 Å². The fraction of sp³-hybridized carbons (Fsp3) is 0.318. The first-order valence-electron chi connectivity index (χ1n) is 10.6. The van der Waals surface area contributed by atoms with Crippen LogP contribution in [0.1, 0.15) is 13.0 Å². The molecule has 1 aromatic heterocycles. The third kappa shape index (κ3) is 5.55. The summed E-state index contributed by atoms with van der Waals surface area (Å²) in [5.74, 6) is -1.13. The number of sulfonamides is 1. The van der Waals surface area contributed by atoms with E-state index < -0.39 is 59.0 Å². The van der Waals surface area contributed by atoms with Gasteiger partial charge in [-0.3, -0.25) is 4.79 Å². The molecule has 186 valence electrons. The summed E-state index contributed by atoms with van der Waals surface area (Å²) >= 11 is 0. The Morgan fingerprint density at radius 3 is 2.60 bits per heavy atom. The summed E-state index contributed by atoms with van der Waals surface area (Å²) in [7, 11) is -4.12. The van der Waals surface area contributed by atoms with Gasteiger partial charge in [-0.2, -0.15) is 4.72 Å². The molecule has 2 aromatic carbocycles. The fourth-order valence-electron chi connectivity index (χ4n) is 3.72. The summed E-state index contributed by atoms with van der Waals surface area (Å²) in [6.07, 6.45) is -4.46. The molecule has 2 heterocycles. The standard InChI is InChI=1S/C22H23FN4O7S/c1-13(28)33-12-18-20(29)19(27-11-17(24-26-27)14-6-5-7-15(23)10-14)21(30)22(34-18)25-35(31,32)16-8-3-2-4-9-16/h2-11,18-22,25,29-30H,12H2,1H3/t18-,19+,20+,21-,22-/m1/s1. The molecule has 0 bridgehead atoms. The maximum Gasteiger partial charge on any atom is 0.302 e. The predicted octanol–water partition coefficient (Wildman–Crippen LogP) is 0.614. The van der Waals surface area contributed by atoms with Gasteiger partial charge in [-0.05, 0) is 24.3 Å². The second-order valence-electron chi connectivity index (χ2n) is 7.90. The van der Waals surface area contributed by atoms with E-state index in [1.54, 1.807) is 12.1 Å². The third-order valence-electron chi connectivity index (χ3n) is 5.42. The molecule has 0 saturated carbocycles. The quantitative estimate of drug-likeness (QED) is 0.391. The Labute approximate surface area is 200 Å². The molecule has 5 atom stereocenters. The molecule has 3 N–H and O–H groups in total. The molecule has 1 saturated heterocycles. The first kappa shape index (κ1) is 24.9. The monoisotopic (exact) mass is 506 g/mol. The van der Waals surface area contributed by atoms with E-state index in [9.17, 15) is 27.8 Å². The molecule has 3 aromatic rings.